The lowest BCUT2D eigenvalue weighted by atomic mass is 9.47. The van der Waals surface area contributed by atoms with Gasteiger partial charge in [0.1, 0.15) is 0 Å². The van der Waals surface area contributed by atoms with Crippen molar-refractivity contribution in [3.8, 4) is 16.8 Å². The van der Waals surface area contributed by atoms with Crippen molar-refractivity contribution in [2.75, 3.05) is 9.71 Å². The first-order chi connectivity index (χ1) is 25.2. The van der Waals surface area contributed by atoms with Gasteiger partial charge in [0, 0.05) is 59.6 Å². The Labute approximate surface area is 301 Å². The fourth-order valence-corrected chi connectivity index (χ4v) is 10.1. The molecule has 2 aromatic heterocycles. The van der Waals surface area contributed by atoms with Crippen molar-refractivity contribution < 1.29 is 0 Å². The Morgan fingerprint density at radius 3 is 2.00 bits per heavy atom. The molecule has 0 bridgehead atoms. The third kappa shape index (κ3) is 4.01. The molecule has 51 heavy (non-hydrogen) atoms. The van der Waals surface area contributed by atoms with Crippen LogP contribution < -0.4 is 20.0 Å². The van der Waals surface area contributed by atoms with Gasteiger partial charge in [-0.2, -0.15) is 0 Å². The molecule has 0 saturated carbocycles. The summed E-state index contributed by atoms with van der Waals surface area (Å²) in [5.74, 6) is 0. The summed E-state index contributed by atoms with van der Waals surface area (Å²) < 4.78 is 5.30. The molecule has 7 aromatic carbocycles. The summed E-state index contributed by atoms with van der Waals surface area (Å²) in [5, 5.41) is 3.99. The summed E-state index contributed by atoms with van der Waals surface area (Å²) in [7, 11) is 0. The molecule has 240 valence electrons. The first-order valence-corrected chi connectivity index (χ1v) is 18.5. The zero-order chi connectivity index (χ0) is 33.8. The normalized spacial score (nSPS) is 12.8. The number of hydrogen-bond donors (Lipinski definition) is 0. The third-order valence-electron chi connectivity index (χ3n) is 10.9. The molecule has 0 spiro atoms. The van der Waals surface area contributed by atoms with E-state index < -0.39 is 0 Å². The van der Waals surface area contributed by atoms with E-state index in [1.54, 1.807) is 0 Å². The Bertz CT molecular complexity index is 2800. The van der Waals surface area contributed by atoms with Gasteiger partial charge in [0.05, 0.1) is 16.7 Å². The van der Waals surface area contributed by atoms with Crippen LogP contribution in [0.25, 0.3) is 48.7 Å². The number of aryl methyl sites for hydroxylation is 2. The maximum Gasteiger partial charge on any atom is 0.343 e. The van der Waals surface area contributed by atoms with Crippen LogP contribution in [0.3, 0.4) is 0 Å². The zero-order valence-electron chi connectivity index (χ0n) is 28.3. The number of thiophene rings is 1. The molecule has 0 radical (unpaired) electrons. The topological polar surface area (TPSA) is 11.4 Å². The lowest BCUT2D eigenvalue weighted by molar-refractivity contribution is 1.20. The minimum atomic E-state index is -0.000307. The number of para-hydroxylation sites is 3. The van der Waals surface area contributed by atoms with Gasteiger partial charge in [-0.3, -0.25) is 0 Å². The van der Waals surface area contributed by atoms with Crippen LogP contribution in [0, 0.1) is 13.8 Å². The molecule has 0 fully saturated rings. The molecular weight excluding hydrogens is 637 g/mol. The van der Waals surface area contributed by atoms with Crippen molar-refractivity contribution in [3.63, 3.8) is 0 Å². The molecule has 11 rings (SSSR count). The molecule has 4 heterocycles. The maximum absolute atomic E-state index is 2.64. The second kappa shape index (κ2) is 10.7. The van der Waals surface area contributed by atoms with Crippen molar-refractivity contribution in [2.45, 2.75) is 13.8 Å². The molecule has 0 atom stereocenters. The third-order valence-corrected chi connectivity index (χ3v) is 12.1. The summed E-state index contributed by atoms with van der Waals surface area (Å²) >= 11 is 1.95. The molecule has 0 amide bonds. The van der Waals surface area contributed by atoms with Crippen LogP contribution >= 0.6 is 11.3 Å². The Kier molecular flexibility index (Phi) is 6.05. The smallest absolute Gasteiger partial charge is 0.343 e. The summed E-state index contributed by atoms with van der Waals surface area (Å²) in [4.78, 5) is 5.01. The Morgan fingerprint density at radius 2 is 1.25 bits per heavy atom. The van der Waals surface area contributed by atoms with E-state index in [4.69, 9.17) is 0 Å². The first-order valence-electron chi connectivity index (χ1n) is 17.6. The van der Waals surface area contributed by atoms with Crippen LogP contribution in [0.5, 0.6) is 0 Å². The first kappa shape index (κ1) is 28.8. The standard InChI is InChI=1S/C46H32BN3S/c1-29-21-23-33(24-22-29)50-40-28-34(48(31-13-5-3-6-14-31)32-15-7-4-8-16-32)25-26-35(40)38-27-30(2)42-36-17-9-11-19-39(36)49-44-37-18-10-12-20-41(37)51-46(44)47(50)43(38)45(42)49/h3-28H,1-2H3. The van der Waals surface area contributed by atoms with E-state index >= 15 is 0 Å². The van der Waals surface area contributed by atoms with E-state index in [-0.39, 0.29) is 6.85 Å². The monoisotopic (exact) mass is 669 g/mol. The second-order valence-corrected chi connectivity index (χ2v) is 14.9. The van der Waals surface area contributed by atoms with Crippen LogP contribution in [0.1, 0.15) is 11.1 Å². The summed E-state index contributed by atoms with van der Waals surface area (Å²) in [6.45, 7) is 4.48. The number of anilines is 5. The van der Waals surface area contributed by atoms with Crippen LogP contribution in [-0.4, -0.2) is 11.4 Å². The predicted molar refractivity (Wildman–Crippen MR) is 219 cm³/mol. The van der Waals surface area contributed by atoms with E-state index in [1.165, 1.54) is 81.4 Å². The fraction of sp³-hybridized carbons (Fsp3) is 0.0435. The van der Waals surface area contributed by atoms with Crippen molar-refractivity contribution >= 4 is 88.8 Å². The van der Waals surface area contributed by atoms with Gasteiger partial charge in [0.25, 0.3) is 0 Å². The summed E-state index contributed by atoms with van der Waals surface area (Å²) in [6, 6.07) is 58.1. The minimum absolute atomic E-state index is 0.000307. The highest BCUT2D eigenvalue weighted by Gasteiger charge is 2.46. The molecular formula is C46H32BN3S. The van der Waals surface area contributed by atoms with E-state index in [0.29, 0.717) is 0 Å². The fourth-order valence-electron chi connectivity index (χ4n) is 8.78. The minimum Gasteiger partial charge on any atom is -0.376 e. The quantitative estimate of drug-likeness (QED) is 0.173. The van der Waals surface area contributed by atoms with Gasteiger partial charge < -0.3 is 14.3 Å². The predicted octanol–water partition coefficient (Wildman–Crippen LogP) is 11.3. The van der Waals surface area contributed by atoms with Gasteiger partial charge in [-0.1, -0.05) is 103 Å². The molecule has 0 aliphatic carbocycles. The van der Waals surface area contributed by atoms with Crippen molar-refractivity contribution in [3.05, 3.63) is 169 Å². The Morgan fingerprint density at radius 1 is 0.588 bits per heavy atom. The molecule has 0 saturated heterocycles. The van der Waals surface area contributed by atoms with Gasteiger partial charge in [-0.25, -0.2) is 0 Å². The van der Waals surface area contributed by atoms with Gasteiger partial charge in [0.15, 0.2) is 0 Å². The highest BCUT2D eigenvalue weighted by atomic mass is 32.1. The summed E-state index contributed by atoms with van der Waals surface area (Å²) in [6.07, 6.45) is 0. The molecule has 0 unspecified atom stereocenters. The number of hydrogen-bond acceptors (Lipinski definition) is 3. The second-order valence-electron chi connectivity index (χ2n) is 13.9. The Balaban J connectivity index is 1.28. The van der Waals surface area contributed by atoms with Crippen LogP contribution in [0.4, 0.5) is 28.4 Å². The molecule has 2 aliphatic heterocycles. The number of aromatic nitrogens is 1. The molecule has 3 nitrogen and oxygen atoms in total. The zero-order valence-corrected chi connectivity index (χ0v) is 29.2. The van der Waals surface area contributed by atoms with Crippen LogP contribution in [0.2, 0.25) is 0 Å². The molecule has 0 N–H and O–H groups in total. The van der Waals surface area contributed by atoms with Gasteiger partial charge >= 0.3 is 6.85 Å². The van der Waals surface area contributed by atoms with Crippen molar-refractivity contribution in [1.82, 2.24) is 4.57 Å². The van der Waals surface area contributed by atoms with Gasteiger partial charge in [-0.15, -0.1) is 11.3 Å². The molecule has 5 heteroatoms. The summed E-state index contributed by atoms with van der Waals surface area (Å²) in [5.41, 5.74) is 16.3. The molecule has 2 aliphatic rings. The average Bonchev–Trinajstić information content (AvgIpc) is 3.73. The lowest BCUT2D eigenvalue weighted by Crippen LogP contribution is -2.59. The SMILES string of the molecule is Cc1ccc(N2B3c4sc5ccccc5c4-n4c5ccccc5c5c(C)cc(c3c54)-c3ccc(N(c4ccccc4)c4ccccc4)cc32)cc1. The largest absolute Gasteiger partial charge is 0.376 e. The van der Waals surface area contributed by atoms with E-state index in [9.17, 15) is 0 Å². The number of fused-ring (bicyclic) bond motifs is 10. The lowest BCUT2D eigenvalue weighted by Gasteiger charge is -2.41. The van der Waals surface area contributed by atoms with Crippen molar-refractivity contribution in [1.29, 1.82) is 0 Å². The maximum atomic E-state index is 2.64. The van der Waals surface area contributed by atoms with E-state index in [2.05, 4.69) is 186 Å². The van der Waals surface area contributed by atoms with Gasteiger partial charge in [0.2, 0.25) is 0 Å². The van der Waals surface area contributed by atoms with Crippen LogP contribution in [0.15, 0.2) is 158 Å². The van der Waals surface area contributed by atoms with Gasteiger partial charge in [-0.05, 0) is 91.1 Å². The van der Waals surface area contributed by atoms with Crippen molar-refractivity contribution in [2.24, 2.45) is 0 Å². The number of nitrogens with zero attached hydrogens (tertiary/aromatic N) is 3. The van der Waals surface area contributed by atoms with E-state index in [0.717, 1.165) is 17.1 Å². The molecule has 9 aromatic rings. The Hall–Kier alpha value is -6.04. The number of rotatable bonds is 4. The highest BCUT2D eigenvalue weighted by Crippen LogP contribution is 2.49. The average molecular weight is 670 g/mol. The number of benzene rings is 7. The van der Waals surface area contributed by atoms with E-state index in [1.807, 2.05) is 11.3 Å². The highest BCUT2D eigenvalue weighted by molar-refractivity contribution is 7.32. The van der Waals surface area contributed by atoms with Crippen LogP contribution in [-0.2, 0) is 0 Å².